The van der Waals surface area contributed by atoms with Crippen molar-refractivity contribution < 1.29 is 9.59 Å². The number of carbonyl (C=O) groups is 2. The lowest BCUT2D eigenvalue weighted by atomic mass is 10.1. The van der Waals surface area contributed by atoms with E-state index in [-0.39, 0.29) is 11.8 Å². The molecule has 0 fully saturated rings. The normalized spacial score (nSPS) is 11.1. The van der Waals surface area contributed by atoms with E-state index in [1.165, 1.54) is 6.92 Å². The van der Waals surface area contributed by atoms with Crippen LogP contribution < -0.4 is 5.32 Å². The van der Waals surface area contributed by atoms with Crippen molar-refractivity contribution in [3.05, 3.63) is 40.9 Å². The summed E-state index contributed by atoms with van der Waals surface area (Å²) in [7, 11) is 1.75. The first kappa shape index (κ1) is 17.2. The van der Waals surface area contributed by atoms with Crippen LogP contribution in [0.2, 0.25) is 5.02 Å². The Bertz CT molecular complexity index is 541. The molecule has 0 heterocycles. The van der Waals surface area contributed by atoms with Crippen LogP contribution in [0.1, 0.15) is 25.8 Å². The minimum Gasteiger partial charge on any atom is -0.356 e. The molecule has 1 aromatic carbocycles. The number of benzene rings is 1. The van der Waals surface area contributed by atoms with Crippen LogP contribution in [-0.2, 0) is 9.59 Å². The van der Waals surface area contributed by atoms with Crippen molar-refractivity contribution in [3.8, 4) is 0 Å². The van der Waals surface area contributed by atoms with Gasteiger partial charge >= 0.3 is 0 Å². The molecule has 0 spiro atoms. The van der Waals surface area contributed by atoms with Crippen LogP contribution in [0, 0.1) is 0 Å². The molecule has 0 radical (unpaired) electrons. The number of amides is 2. The second-order valence-corrected chi connectivity index (χ2v) is 5.37. The minimum atomic E-state index is -0.0599. The topological polar surface area (TPSA) is 49.4 Å². The van der Waals surface area contributed by atoms with Gasteiger partial charge in [0.2, 0.25) is 11.8 Å². The van der Waals surface area contributed by atoms with E-state index in [0.717, 1.165) is 17.6 Å². The van der Waals surface area contributed by atoms with E-state index in [2.05, 4.69) is 5.32 Å². The van der Waals surface area contributed by atoms with Crippen molar-refractivity contribution in [2.45, 2.75) is 20.3 Å². The molecule has 0 saturated heterocycles. The summed E-state index contributed by atoms with van der Waals surface area (Å²) in [4.78, 5) is 24.4. The summed E-state index contributed by atoms with van der Waals surface area (Å²) in [6.45, 7) is 4.53. The highest BCUT2D eigenvalue weighted by molar-refractivity contribution is 6.30. The number of likely N-dealkylation sites (N-methyl/N-ethyl adjacent to an activating group) is 1. The zero-order valence-electron chi connectivity index (χ0n) is 12.6. The average molecular weight is 309 g/mol. The van der Waals surface area contributed by atoms with Gasteiger partial charge in [0.25, 0.3) is 0 Å². The number of rotatable bonds is 6. The Balaban J connectivity index is 2.54. The van der Waals surface area contributed by atoms with Gasteiger partial charge in [0.1, 0.15) is 0 Å². The predicted molar refractivity (Wildman–Crippen MR) is 86.0 cm³/mol. The Kier molecular flexibility index (Phi) is 6.96. The van der Waals surface area contributed by atoms with E-state index in [4.69, 9.17) is 11.6 Å². The Morgan fingerprint density at radius 2 is 2.05 bits per heavy atom. The molecule has 0 aliphatic rings. The van der Waals surface area contributed by atoms with E-state index in [0.29, 0.717) is 18.1 Å². The van der Waals surface area contributed by atoms with Crippen molar-refractivity contribution in [3.63, 3.8) is 0 Å². The Morgan fingerprint density at radius 1 is 1.33 bits per heavy atom. The fourth-order valence-corrected chi connectivity index (χ4v) is 1.99. The zero-order valence-corrected chi connectivity index (χ0v) is 13.4. The fraction of sp³-hybridized carbons (Fsp3) is 0.375. The standard InChI is InChI=1S/C16H21ClN2O2/c1-12(14-6-4-7-15(17)11-14)10-16(21)19(3)9-5-8-18-13(2)20/h4,6-7,10-11H,5,8-9H2,1-3H3,(H,18,20)/b12-10+. The molecule has 0 atom stereocenters. The molecule has 0 aliphatic carbocycles. The summed E-state index contributed by atoms with van der Waals surface area (Å²) in [5.41, 5.74) is 1.80. The van der Waals surface area contributed by atoms with Gasteiger partial charge in [-0.3, -0.25) is 9.59 Å². The van der Waals surface area contributed by atoms with E-state index >= 15 is 0 Å². The first-order chi connectivity index (χ1) is 9.90. The largest absolute Gasteiger partial charge is 0.356 e. The number of nitrogens with zero attached hydrogens (tertiary/aromatic N) is 1. The van der Waals surface area contributed by atoms with E-state index in [9.17, 15) is 9.59 Å². The number of nitrogens with one attached hydrogen (secondary N) is 1. The Labute approximate surface area is 130 Å². The van der Waals surface area contributed by atoms with Crippen LogP contribution in [0.25, 0.3) is 5.57 Å². The summed E-state index contributed by atoms with van der Waals surface area (Å²) in [6, 6.07) is 7.41. The third-order valence-electron chi connectivity index (χ3n) is 3.04. The van der Waals surface area contributed by atoms with E-state index in [1.807, 2.05) is 25.1 Å². The van der Waals surface area contributed by atoms with Crippen molar-refractivity contribution in [2.24, 2.45) is 0 Å². The molecule has 0 aromatic heterocycles. The van der Waals surface area contributed by atoms with Crippen LogP contribution in [0.3, 0.4) is 0 Å². The van der Waals surface area contributed by atoms with E-state index in [1.54, 1.807) is 24.1 Å². The van der Waals surface area contributed by atoms with Gasteiger partial charge in [-0.1, -0.05) is 23.7 Å². The van der Waals surface area contributed by atoms with Crippen molar-refractivity contribution in [1.82, 2.24) is 10.2 Å². The second-order valence-electron chi connectivity index (χ2n) is 4.93. The predicted octanol–water partition coefficient (Wildman–Crippen LogP) is 2.73. The molecule has 1 N–H and O–H groups in total. The summed E-state index contributed by atoms with van der Waals surface area (Å²) in [5, 5.41) is 3.36. The lowest BCUT2D eigenvalue weighted by molar-refractivity contribution is -0.124. The van der Waals surface area contributed by atoms with Crippen LogP contribution in [-0.4, -0.2) is 36.9 Å². The summed E-state index contributed by atoms with van der Waals surface area (Å²) < 4.78 is 0. The molecule has 5 heteroatoms. The Hall–Kier alpha value is -1.81. The van der Waals surface area contributed by atoms with Crippen LogP contribution >= 0.6 is 11.6 Å². The van der Waals surface area contributed by atoms with Gasteiger partial charge in [-0.05, 0) is 36.6 Å². The van der Waals surface area contributed by atoms with Gasteiger partial charge in [-0.25, -0.2) is 0 Å². The highest BCUT2D eigenvalue weighted by Crippen LogP contribution is 2.18. The van der Waals surface area contributed by atoms with Crippen molar-refractivity contribution in [2.75, 3.05) is 20.1 Å². The minimum absolute atomic E-state index is 0.0549. The summed E-state index contributed by atoms with van der Waals surface area (Å²) in [5.74, 6) is -0.115. The first-order valence-electron chi connectivity index (χ1n) is 6.84. The molecule has 0 bridgehead atoms. The summed E-state index contributed by atoms with van der Waals surface area (Å²) in [6.07, 6.45) is 2.33. The van der Waals surface area contributed by atoms with Gasteiger partial charge < -0.3 is 10.2 Å². The van der Waals surface area contributed by atoms with Crippen molar-refractivity contribution in [1.29, 1.82) is 0 Å². The third-order valence-corrected chi connectivity index (χ3v) is 3.28. The van der Waals surface area contributed by atoms with Gasteiger partial charge in [0.05, 0.1) is 0 Å². The van der Waals surface area contributed by atoms with E-state index < -0.39 is 0 Å². The molecule has 4 nitrogen and oxygen atoms in total. The van der Waals surface area contributed by atoms with Gasteiger partial charge in [0, 0.05) is 38.2 Å². The molecule has 2 amide bonds. The maximum Gasteiger partial charge on any atom is 0.246 e. The molecule has 21 heavy (non-hydrogen) atoms. The maximum absolute atomic E-state index is 12.1. The lowest BCUT2D eigenvalue weighted by Gasteiger charge is -2.15. The van der Waals surface area contributed by atoms with Crippen LogP contribution in [0.4, 0.5) is 0 Å². The molecular formula is C16H21ClN2O2. The van der Waals surface area contributed by atoms with Crippen molar-refractivity contribution >= 4 is 29.0 Å². The third kappa shape index (κ3) is 6.45. The molecule has 1 aromatic rings. The number of halogens is 1. The molecule has 1 rings (SSSR count). The first-order valence-corrected chi connectivity index (χ1v) is 7.21. The molecule has 0 unspecified atom stereocenters. The Morgan fingerprint density at radius 3 is 2.67 bits per heavy atom. The SMILES string of the molecule is CC(=O)NCCCN(C)C(=O)/C=C(\C)c1cccc(Cl)c1. The highest BCUT2D eigenvalue weighted by Gasteiger charge is 2.07. The van der Waals surface area contributed by atoms with Gasteiger partial charge in [-0.15, -0.1) is 0 Å². The van der Waals surface area contributed by atoms with Crippen LogP contribution in [0.5, 0.6) is 0 Å². The lowest BCUT2D eigenvalue weighted by Crippen LogP contribution is -2.29. The monoisotopic (exact) mass is 308 g/mol. The van der Waals surface area contributed by atoms with Gasteiger partial charge in [0.15, 0.2) is 0 Å². The quantitative estimate of drug-likeness (QED) is 0.649. The summed E-state index contributed by atoms with van der Waals surface area (Å²) >= 11 is 5.94. The zero-order chi connectivity index (χ0) is 15.8. The molecular weight excluding hydrogens is 288 g/mol. The molecule has 0 aliphatic heterocycles. The smallest absolute Gasteiger partial charge is 0.246 e. The average Bonchev–Trinajstić information content (AvgIpc) is 2.43. The number of hydrogen-bond acceptors (Lipinski definition) is 2. The maximum atomic E-state index is 12.1. The van der Waals surface area contributed by atoms with Gasteiger partial charge in [-0.2, -0.15) is 0 Å². The molecule has 0 saturated carbocycles. The number of carbonyl (C=O) groups excluding carboxylic acids is 2. The number of allylic oxidation sites excluding steroid dienone is 1. The highest BCUT2D eigenvalue weighted by atomic mass is 35.5. The molecule has 114 valence electrons. The van der Waals surface area contributed by atoms with Crippen LogP contribution in [0.15, 0.2) is 30.3 Å². The second kappa shape index (κ2) is 8.47. The number of hydrogen-bond donors (Lipinski definition) is 1. The fourth-order valence-electron chi connectivity index (χ4n) is 1.80.